The van der Waals surface area contributed by atoms with Gasteiger partial charge >= 0.3 is 5.97 Å². The first-order chi connectivity index (χ1) is 16.6. The number of carbonyl (C=O) groups is 2. The number of carbonyl (C=O) groups excluding carboxylic acids is 2. The van der Waals surface area contributed by atoms with Gasteiger partial charge in [0, 0.05) is 18.2 Å². The van der Waals surface area contributed by atoms with E-state index in [1.807, 2.05) is 24.3 Å². The predicted octanol–water partition coefficient (Wildman–Crippen LogP) is 4.93. The molecule has 0 aromatic heterocycles. The van der Waals surface area contributed by atoms with E-state index in [0.29, 0.717) is 17.4 Å². The van der Waals surface area contributed by atoms with Crippen molar-refractivity contribution in [3.05, 3.63) is 120 Å². The van der Waals surface area contributed by atoms with Crippen LogP contribution < -0.4 is 21.2 Å². The highest BCUT2D eigenvalue weighted by Gasteiger charge is 2.46. The van der Waals surface area contributed by atoms with Crippen LogP contribution in [0, 0.1) is 0 Å². The van der Waals surface area contributed by atoms with Crippen molar-refractivity contribution < 1.29 is 14.3 Å². The number of nitrogens with one attached hydrogen (secondary N) is 1. The molecule has 4 aromatic rings. The van der Waals surface area contributed by atoms with Gasteiger partial charge in [-0.05, 0) is 48.5 Å². The Kier molecular flexibility index (Phi) is 7.20. The van der Waals surface area contributed by atoms with Crippen LogP contribution in [-0.4, -0.2) is 19.0 Å². The maximum absolute atomic E-state index is 12.8. The topological polar surface area (TPSA) is 55.4 Å². The third-order valence-corrected chi connectivity index (χ3v) is 10.2. The molecule has 0 spiro atoms. The molecule has 4 rings (SSSR count). The lowest BCUT2D eigenvalue weighted by molar-refractivity contribution is -0.114. The fourth-order valence-electron chi connectivity index (χ4n) is 4.37. The lowest BCUT2D eigenvalue weighted by Gasteiger charge is -2.29. The number of methoxy groups -OCH3 is 1. The first kappa shape index (κ1) is 23.4. The van der Waals surface area contributed by atoms with Gasteiger partial charge in [-0.3, -0.25) is 4.79 Å². The Morgan fingerprint density at radius 3 is 1.59 bits per heavy atom. The Hall–Kier alpha value is -3.75. The monoisotopic (exact) mass is 468 g/mol. The molecule has 0 radical (unpaired) electrons. The summed E-state index contributed by atoms with van der Waals surface area (Å²) in [6.07, 6.45) is 0.548. The average Bonchev–Trinajstić information content (AvgIpc) is 2.88. The summed E-state index contributed by atoms with van der Waals surface area (Å²) in [6, 6.07) is 36.7. The maximum Gasteiger partial charge on any atom is 0.338 e. The summed E-state index contributed by atoms with van der Waals surface area (Å²) in [5, 5.41) is 6.53. The Bertz CT molecular complexity index is 1180. The summed E-state index contributed by atoms with van der Waals surface area (Å²) in [5.74, 6) is -0.610. The van der Waals surface area contributed by atoms with Crippen molar-refractivity contribution in [3.8, 4) is 0 Å². The minimum atomic E-state index is -2.28. The van der Waals surface area contributed by atoms with Crippen LogP contribution >= 0.6 is 7.26 Å². The minimum Gasteiger partial charge on any atom is -0.465 e. The molecule has 0 saturated carbocycles. The summed E-state index contributed by atoms with van der Waals surface area (Å²) in [6.45, 7) is 1.47. The molecule has 4 nitrogen and oxygen atoms in total. The zero-order chi connectivity index (χ0) is 24.0. The summed E-state index contributed by atoms with van der Waals surface area (Å²) in [7, 11) is -0.902. The number of hydrogen-bond donors (Lipinski definition) is 1. The fraction of sp³-hybridized carbons (Fsp3) is 0.103. The number of anilines is 1. The van der Waals surface area contributed by atoms with E-state index in [4.69, 9.17) is 4.74 Å². The summed E-state index contributed by atoms with van der Waals surface area (Å²) < 4.78 is 5.13. The Balaban J connectivity index is 2.06. The van der Waals surface area contributed by atoms with Crippen LogP contribution in [-0.2, 0) is 15.7 Å². The van der Waals surface area contributed by atoms with Crippen LogP contribution in [0.4, 0.5) is 5.69 Å². The van der Waals surface area contributed by atoms with E-state index in [9.17, 15) is 9.59 Å². The van der Waals surface area contributed by atoms with Gasteiger partial charge in [-0.25, -0.2) is 4.79 Å². The van der Waals surface area contributed by atoms with E-state index in [-0.39, 0.29) is 5.91 Å². The Morgan fingerprint density at radius 2 is 1.18 bits per heavy atom. The molecule has 4 aromatic carbocycles. The highest BCUT2D eigenvalue weighted by Crippen LogP contribution is 2.59. The van der Waals surface area contributed by atoms with Crippen LogP contribution in [0.3, 0.4) is 0 Å². The van der Waals surface area contributed by atoms with Crippen LogP contribution in [0.2, 0.25) is 0 Å². The standard InChI is InChI=1S/C29H26NO3P/c1-22(31)30-28-20-12-19-26(29(32)33-2)27(28)21-34(23-13-6-3-7-14-23,24-15-8-4-9-16-24)25-17-10-5-11-18-25/h3-20H,21H2,1-2H3/p+1. The van der Waals surface area contributed by atoms with E-state index < -0.39 is 13.2 Å². The van der Waals surface area contributed by atoms with Gasteiger partial charge in [-0.15, -0.1) is 0 Å². The molecule has 0 saturated heterocycles. The Labute approximate surface area is 200 Å². The lowest BCUT2D eigenvalue weighted by Crippen LogP contribution is -2.33. The molecular weight excluding hydrogens is 441 g/mol. The molecule has 0 aliphatic heterocycles. The number of hydrogen-bond acceptors (Lipinski definition) is 3. The number of esters is 1. The molecular formula is C29H27NO3P+. The Morgan fingerprint density at radius 1 is 0.706 bits per heavy atom. The second kappa shape index (κ2) is 10.5. The normalized spacial score (nSPS) is 11.0. The van der Waals surface area contributed by atoms with Crippen molar-refractivity contribution in [1.29, 1.82) is 0 Å². The van der Waals surface area contributed by atoms with Crippen molar-refractivity contribution >= 4 is 40.7 Å². The zero-order valence-electron chi connectivity index (χ0n) is 19.3. The predicted molar refractivity (Wildman–Crippen MR) is 141 cm³/mol. The van der Waals surface area contributed by atoms with E-state index in [1.54, 1.807) is 12.1 Å². The average molecular weight is 469 g/mol. The number of ether oxygens (including phenoxy) is 1. The molecule has 0 unspecified atom stereocenters. The van der Waals surface area contributed by atoms with Crippen molar-refractivity contribution in [3.63, 3.8) is 0 Å². The third kappa shape index (κ3) is 4.64. The maximum atomic E-state index is 12.8. The van der Waals surface area contributed by atoms with Gasteiger partial charge in [0.15, 0.2) is 0 Å². The third-order valence-electron chi connectivity index (χ3n) is 5.88. The second-order valence-electron chi connectivity index (χ2n) is 7.98. The van der Waals surface area contributed by atoms with Crippen LogP contribution in [0.25, 0.3) is 0 Å². The molecule has 0 aliphatic rings. The molecule has 0 atom stereocenters. The quantitative estimate of drug-likeness (QED) is 0.309. The number of amides is 1. The smallest absolute Gasteiger partial charge is 0.338 e. The van der Waals surface area contributed by atoms with Gasteiger partial charge in [0.1, 0.15) is 29.3 Å². The highest BCUT2D eigenvalue weighted by molar-refractivity contribution is 7.95. The van der Waals surface area contributed by atoms with Crippen molar-refractivity contribution in [2.45, 2.75) is 13.1 Å². The number of rotatable bonds is 7. The molecule has 34 heavy (non-hydrogen) atoms. The summed E-state index contributed by atoms with van der Waals surface area (Å²) in [4.78, 5) is 24.9. The summed E-state index contributed by atoms with van der Waals surface area (Å²) >= 11 is 0. The lowest BCUT2D eigenvalue weighted by atomic mass is 10.1. The van der Waals surface area contributed by atoms with Crippen LogP contribution in [0.5, 0.6) is 0 Å². The molecule has 1 amide bonds. The molecule has 5 heteroatoms. The van der Waals surface area contributed by atoms with E-state index in [2.05, 4.69) is 78.1 Å². The molecule has 1 N–H and O–H groups in total. The largest absolute Gasteiger partial charge is 0.465 e. The van der Waals surface area contributed by atoms with E-state index in [1.165, 1.54) is 29.9 Å². The first-order valence-electron chi connectivity index (χ1n) is 11.1. The van der Waals surface area contributed by atoms with Crippen LogP contribution in [0.1, 0.15) is 22.8 Å². The van der Waals surface area contributed by atoms with Gasteiger partial charge in [0.05, 0.1) is 12.7 Å². The second-order valence-corrected chi connectivity index (χ2v) is 11.5. The van der Waals surface area contributed by atoms with Crippen molar-refractivity contribution in [2.24, 2.45) is 0 Å². The molecule has 0 bridgehead atoms. The van der Waals surface area contributed by atoms with Gasteiger partial charge in [-0.2, -0.15) is 0 Å². The SMILES string of the molecule is COC(=O)c1cccc(NC(C)=O)c1C[P+](c1ccccc1)(c1ccccc1)c1ccccc1. The minimum absolute atomic E-state index is 0.189. The molecule has 170 valence electrons. The van der Waals surface area contributed by atoms with E-state index in [0.717, 1.165) is 5.56 Å². The highest BCUT2D eigenvalue weighted by atomic mass is 31.2. The summed E-state index contributed by atoms with van der Waals surface area (Å²) in [5.41, 5.74) is 1.86. The van der Waals surface area contributed by atoms with E-state index >= 15 is 0 Å². The van der Waals surface area contributed by atoms with Crippen molar-refractivity contribution in [2.75, 3.05) is 12.4 Å². The van der Waals surface area contributed by atoms with Gasteiger partial charge < -0.3 is 10.1 Å². The molecule has 0 fully saturated rings. The van der Waals surface area contributed by atoms with Gasteiger partial charge in [0.25, 0.3) is 0 Å². The van der Waals surface area contributed by atoms with Gasteiger partial charge in [0.2, 0.25) is 5.91 Å². The number of benzene rings is 4. The molecule has 0 aliphatic carbocycles. The fourth-order valence-corrected chi connectivity index (χ4v) is 8.67. The molecule has 0 heterocycles. The zero-order valence-corrected chi connectivity index (χ0v) is 20.2. The van der Waals surface area contributed by atoms with Crippen molar-refractivity contribution in [1.82, 2.24) is 0 Å². The first-order valence-corrected chi connectivity index (χ1v) is 13.1. The van der Waals surface area contributed by atoms with Gasteiger partial charge in [-0.1, -0.05) is 60.7 Å². The van der Waals surface area contributed by atoms with Crippen LogP contribution in [0.15, 0.2) is 109 Å².